The zero-order valence-electron chi connectivity index (χ0n) is 39.0. The first kappa shape index (κ1) is 59.3. The van der Waals surface area contributed by atoms with Crippen LogP contribution in [0.4, 0.5) is 0 Å². The van der Waals surface area contributed by atoms with Crippen LogP contribution in [0.5, 0.6) is 0 Å². The van der Waals surface area contributed by atoms with E-state index in [0.717, 1.165) is 89.9 Å². The minimum absolute atomic E-state index is 0.0525. The Labute approximate surface area is 385 Å². The molecule has 0 amide bonds. The highest BCUT2D eigenvalue weighted by Crippen LogP contribution is 2.47. The molecule has 0 aromatic rings. The van der Waals surface area contributed by atoms with Crippen molar-refractivity contribution in [1.29, 1.82) is 0 Å². The Hall–Kier alpha value is -2.71. The van der Waals surface area contributed by atoms with Crippen LogP contribution in [-0.2, 0) is 32.7 Å². The van der Waals surface area contributed by atoms with Crippen LogP contribution in [0.15, 0.2) is 72.9 Å². The van der Waals surface area contributed by atoms with Crippen LogP contribution in [0.2, 0.25) is 0 Å². The van der Waals surface area contributed by atoms with E-state index in [2.05, 4.69) is 86.8 Å². The topological polar surface area (TPSA) is 210 Å². The Morgan fingerprint density at radius 3 is 1.39 bits per heavy atom. The second-order valence-corrected chi connectivity index (χ2v) is 18.0. The Bertz CT molecular complexity index is 1390. The molecule has 1 saturated carbocycles. The van der Waals surface area contributed by atoms with E-state index >= 15 is 0 Å². The summed E-state index contributed by atoms with van der Waals surface area (Å²) in [4.78, 5) is 35.8. The molecule has 1 fully saturated rings. The summed E-state index contributed by atoms with van der Waals surface area (Å²) in [5, 5.41) is 50.2. The van der Waals surface area contributed by atoms with E-state index < -0.39 is 75.7 Å². The average Bonchev–Trinajstić information content (AvgIpc) is 3.28. The Morgan fingerprint density at radius 1 is 0.500 bits per heavy atom. The first-order valence-electron chi connectivity index (χ1n) is 24.2. The van der Waals surface area contributed by atoms with E-state index in [-0.39, 0.29) is 12.8 Å². The lowest BCUT2D eigenvalue weighted by Gasteiger charge is -2.41. The van der Waals surface area contributed by atoms with Crippen LogP contribution in [0, 0.1) is 0 Å². The Kier molecular flexibility index (Phi) is 36.6. The summed E-state index contributed by atoms with van der Waals surface area (Å²) in [6.07, 6.45) is 36.6. The number of aliphatic hydroxyl groups excluding tert-OH is 5. The number of unbranched alkanes of at least 4 members (excludes halogenated alkanes) is 15. The lowest BCUT2D eigenvalue weighted by molar-refractivity contribution is -0.220. The fourth-order valence-corrected chi connectivity index (χ4v) is 7.87. The smallest absolute Gasteiger partial charge is 0.462 e. The van der Waals surface area contributed by atoms with Crippen molar-refractivity contribution in [2.24, 2.45) is 0 Å². The van der Waals surface area contributed by atoms with E-state index in [1.807, 2.05) is 0 Å². The van der Waals surface area contributed by atoms with Crippen molar-refractivity contribution in [2.45, 2.75) is 217 Å². The standard InChI is InChI=1S/C50H85O13P/c1-3-5-7-9-11-13-15-17-19-21-22-23-25-27-29-31-33-35-37-39-44(52)62-42(41-61-64(58,59)63-50-48(56)46(54)45(53)47(55)49(50)57)40-60-43(51)38-36-34-32-30-28-26-24-20-18-16-14-12-10-8-6-4-2/h5,7,11,13,17,19-20,22-24,27,29,42,45-50,53-57H,3-4,6,8-10,12,14-16,18,21,25-26,28,30-41H2,1-2H3,(H,58,59)/b7-5-,13-11-,19-17-,23-22-,24-20-,29-27-. The van der Waals surface area contributed by atoms with Crippen molar-refractivity contribution in [2.75, 3.05) is 13.2 Å². The van der Waals surface area contributed by atoms with Crippen molar-refractivity contribution in [3.8, 4) is 0 Å². The normalized spacial score (nSPS) is 22.2. The van der Waals surface area contributed by atoms with Gasteiger partial charge in [-0.25, -0.2) is 4.57 Å². The van der Waals surface area contributed by atoms with E-state index in [9.17, 15) is 44.6 Å². The van der Waals surface area contributed by atoms with Crippen molar-refractivity contribution in [1.82, 2.24) is 0 Å². The number of phosphoric ester groups is 1. The van der Waals surface area contributed by atoms with Gasteiger partial charge in [-0.15, -0.1) is 0 Å². The van der Waals surface area contributed by atoms with E-state index in [1.54, 1.807) is 0 Å². The summed E-state index contributed by atoms with van der Waals surface area (Å²) in [5.74, 6) is -1.15. The second-order valence-electron chi connectivity index (χ2n) is 16.6. The summed E-state index contributed by atoms with van der Waals surface area (Å²) in [6, 6.07) is 0. The molecular weight excluding hydrogens is 840 g/mol. The van der Waals surface area contributed by atoms with Gasteiger partial charge in [0, 0.05) is 12.8 Å². The molecule has 64 heavy (non-hydrogen) atoms. The minimum atomic E-state index is -5.14. The highest BCUT2D eigenvalue weighted by Gasteiger charge is 2.51. The molecule has 0 saturated heterocycles. The summed E-state index contributed by atoms with van der Waals surface area (Å²) in [5.41, 5.74) is 0. The van der Waals surface area contributed by atoms with Crippen LogP contribution in [0.25, 0.3) is 0 Å². The third-order valence-electron chi connectivity index (χ3n) is 10.8. The average molecular weight is 925 g/mol. The molecule has 6 atom stereocenters. The monoisotopic (exact) mass is 925 g/mol. The van der Waals surface area contributed by atoms with Crippen molar-refractivity contribution in [3.05, 3.63) is 72.9 Å². The van der Waals surface area contributed by atoms with Gasteiger partial charge >= 0.3 is 19.8 Å². The van der Waals surface area contributed by atoms with Gasteiger partial charge < -0.3 is 39.9 Å². The van der Waals surface area contributed by atoms with Crippen LogP contribution < -0.4 is 0 Å². The van der Waals surface area contributed by atoms with Gasteiger partial charge in [0.1, 0.15) is 43.2 Å². The SMILES string of the molecule is CC/C=C\C/C=C\C/C=C\C/C=C\C/C=C\CCCCCC(=O)OC(COC(=O)CCCCCCC/C=C\CCCCCCCCC)COP(=O)(O)OC1C(O)C(O)C(O)C(O)C1O. The van der Waals surface area contributed by atoms with E-state index in [4.69, 9.17) is 18.5 Å². The maximum atomic E-state index is 12.8. The van der Waals surface area contributed by atoms with Crippen LogP contribution >= 0.6 is 7.82 Å². The molecule has 14 heteroatoms. The van der Waals surface area contributed by atoms with Gasteiger partial charge in [-0.1, -0.05) is 151 Å². The largest absolute Gasteiger partial charge is 0.472 e. The molecule has 13 nitrogen and oxygen atoms in total. The predicted octanol–water partition coefficient (Wildman–Crippen LogP) is 9.89. The van der Waals surface area contributed by atoms with Gasteiger partial charge in [0.2, 0.25) is 0 Å². The third kappa shape index (κ3) is 31.2. The number of phosphoric acid groups is 1. The zero-order chi connectivity index (χ0) is 47.1. The molecule has 0 aliphatic heterocycles. The highest BCUT2D eigenvalue weighted by molar-refractivity contribution is 7.47. The lowest BCUT2D eigenvalue weighted by atomic mass is 9.85. The van der Waals surface area contributed by atoms with Gasteiger partial charge in [0.15, 0.2) is 6.10 Å². The molecule has 6 unspecified atom stereocenters. The number of hydrogen-bond donors (Lipinski definition) is 6. The molecule has 1 rings (SSSR count). The van der Waals surface area contributed by atoms with Gasteiger partial charge in [-0.3, -0.25) is 18.6 Å². The highest BCUT2D eigenvalue weighted by atomic mass is 31.2. The van der Waals surface area contributed by atoms with Gasteiger partial charge in [0.05, 0.1) is 6.61 Å². The number of esters is 2. The lowest BCUT2D eigenvalue weighted by Crippen LogP contribution is -2.64. The van der Waals surface area contributed by atoms with Crippen molar-refractivity contribution < 1.29 is 63.1 Å². The Balaban J connectivity index is 2.48. The molecule has 0 aromatic carbocycles. The number of allylic oxidation sites excluding steroid dienone is 12. The Morgan fingerprint density at radius 2 is 0.891 bits per heavy atom. The van der Waals surface area contributed by atoms with Crippen LogP contribution in [0.3, 0.4) is 0 Å². The summed E-state index contributed by atoms with van der Waals surface area (Å²) in [6.45, 7) is 3.15. The summed E-state index contributed by atoms with van der Waals surface area (Å²) >= 11 is 0. The van der Waals surface area contributed by atoms with Crippen LogP contribution in [-0.4, -0.2) is 98.3 Å². The van der Waals surface area contributed by atoms with Gasteiger partial charge in [-0.2, -0.15) is 0 Å². The summed E-state index contributed by atoms with van der Waals surface area (Å²) in [7, 11) is -5.14. The molecule has 1 aliphatic carbocycles. The molecular formula is C50H85O13P. The molecule has 0 heterocycles. The maximum Gasteiger partial charge on any atom is 0.472 e. The van der Waals surface area contributed by atoms with Crippen molar-refractivity contribution in [3.63, 3.8) is 0 Å². The van der Waals surface area contributed by atoms with Gasteiger partial charge in [-0.05, 0) is 83.5 Å². The number of carbonyl (C=O) groups is 2. The molecule has 368 valence electrons. The third-order valence-corrected chi connectivity index (χ3v) is 11.8. The quantitative estimate of drug-likeness (QED) is 0.0147. The number of rotatable bonds is 39. The molecule has 1 aliphatic rings. The number of hydrogen-bond acceptors (Lipinski definition) is 12. The maximum absolute atomic E-state index is 12.8. The molecule has 6 N–H and O–H groups in total. The van der Waals surface area contributed by atoms with Crippen LogP contribution in [0.1, 0.15) is 174 Å². The van der Waals surface area contributed by atoms with Gasteiger partial charge in [0.25, 0.3) is 0 Å². The predicted molar refractivity (Wildman–Crippen MR) is 253 cm³/mol. The molecule has 0 radical (unpaired) electrons. The second kappa shape index (κ2) is 39.5. The van der Waals surface area contributed by atoms with E-state index in [0.29, 0.717) is 12.8 Å². The minimum Gasteiger partial charge on any atom is -0.462 e. The van der Waals surface area contributed by atoms with E-state index in [1.165, 1.54) is 44.9 Å². The number of aliphatic hydroxyl groups is 5. The molecule has 0 spiro atoms. The zero-order valence-corrected chi connectivity index (χ0v) is 39.9. The first-order valence-corrected chi connectivity index (χ1v) is 25.7. The van der Waals surface area contributed by atoms with Crippen molar-refractivity contribution >= 4 is 19.8 Å². The summed E-state index contributed by atoms with van der Waals surface area (Å²) < 4.78 is 33.5. The first-order chi connectivity index (χ1) is 30.9. The fraction of sp³-hybridized carbons (Fsp3) is 0.720. The fourth-order valence-electron chi connectivity index (χ4n) is 6.90. The number of ether oxygens (including phenoxy) is 2. The molecule has 0 aromatic heterocycles. The molecule has 0 bridgehead atoms. The number of carbonyl (C=O) groups excluding carboxylic acids is 2.